The van der Waals surface area contributed by atoms with Crippen molar-refractivity contribution in [1.29, 1.82) is 0 Å². The van der Waals surface area contributed by atoms with Crippen LogP contribution >= 0.6 is 11.6 Å². The highest BCUT2D eigenvalue weighted by Gasteiger charge is 2.15. The molecule has 0 aromatic carbocycles. The number of alkyl halides is 1. The molecule has 2 atom stereocenters. The first-order valence-corrected chi connectivity index (χ1v) is 7.22. The molecule has 1 fully saturated rings. The minimum Gasteiger partial charge on any atom is -0.378 e. The van der Waals surface area contributed by atoms with Gasteiger partial charge in [-0.25, -0.2) is 0 Å². The SMILES string of the molecule is CC(CCCCl)NC(=O)CCC1CCCCO1. The Morgan fingerprint density at radius 1 is 1.53 bits per heavy atom. The van der Waals surface area contributed by atoms with Crippen molar-refractivity contribution in [2.24, 2.45) is 0 Å². The smallest absolute Gasteiger partial charge is 0.220 e. The lowest BCUT2D eigenvalue weighted by Crippen LogP contribution is -2.33. The summed E-state index contributed by atoms with van der Waals surface area (Å²) in [5, 5.41) is 3.00. The van der Waals surface area contributed by atoms with Crippen molar-refractivity contribution in [1.82, 2.24) is 5.32 Å². The molecule has 1 aliphatic heterocycles. The summed E-state index contributed by atoms with van der Waals surface area (Å²) < 4.78 is 5.60. The van der Waals surface area contributed by atoms with Gasteiger partial charge in [0.15, 0.2) is 0 Å². The number of amides is 1. The van der Waals surface area contributed by atoms with Crippen LogP contribution in [0.15, 0.2) is 0 Å². The van der Waals surface area contributed by atoms with Gasteiger partial charge in [0.1, 0.15) is 0 Å². The van der Waals surface area contributed by atoms with E-state index in [9.17, 15) is 4.79 Å². The molecule has 0 radical (unpaired) electrons. The Hall–Kier alpha value is -0.280. The van der Waals surface area contributed by atoms with E-state index in [-0.39, 0.29) is 11.9 Å². The molecule has 4 heteroatoms. The van der Waals surface area contributed by atoms with Crippen molar-refractivity contribution < 1.29 is 9.53 Å². The van der Waals surface area contributed by atoms with E-state index < -0.39 is 0 Å². The van der Waals surface area contributed by atoms with Crippen molar-refractivity contribution >= 4 is 17.5 Å². The highest BCUT2D eigenvalue weighted by molar-refractivity contribution is 6.17. The Balaban J connectivity index is 2.07. The molecule has 1 rings (SSSR count). The average Bonchev–Trinajstić information content (AvgIpc) is 2.35. The fraction of sp³-hybridized carbons (Fsp3) is 0.923. The third kappa shape index (κ3) is 6.89. The predicted octanol–water partition coefficient (Wildman–Crippen LogP) is 2.86. The second-order valence-corrected chi connectivity index (χ2v) is 5.20. The molecule has 2 unspecified atom stereocenters. The standard InChI is InChI=1S/C13H24ClNO2/c1-11(5-4-9-14)15-13(16)8-7-12-6-2-3-10-17-12/h11-12H,2-10H2,1H3,(H,15,16). The molecular weight excluding hydrogens is 238 g/mol. The second kappa shape index (κ2) is 8.76. The van der Waals surface area contributed by atoms with E-state index in [0.29, 0.717) is 18.4 Å². The largest absolute Gasteiger partial charge is 0.378 e. The number of ether oxygens (including phenoxy) is 1. The van der Waals surface area contributed by atoms with E-state index >= 15 is 0 Å². The van der Waals surface area contributed by atoms with Crippen molar-refractivity contribution in [3.63, 3.8) is 0 Å². The van der Waals surface area contributed by atoms with E-state index in [1.165, 1.54) is 6.42 Å². The van der Waals surface area contributed by atoms with Crippen LogP contribution in [-0.4, -0.2) is 30.5 Å². The Labute approximate surface area is 109 Å². The number of carbonyl (C=O) groups excluding carboxylic acids is 1. The summed E-state index contributed by atoms with van der Waals surface area (Å²) in [6.45, 7) is 2.89. The molecule has 0 spiro atoms. The molecule has 1 N–H and O–H groups in total. The number of halogens is 1. The van der Waals surface area contributed by atoms with Gasteiger partial charge in [0.25, 0.3) is 0 Å². The summed E-state index contributed by atoms with van der Waals surface area (Å²) in [4.78, 5) is 11.7. The first kappa shape index (κ1) is 14.8. The van der Waals surface area contributed by atoms with Crippen molar-refractivity contribution in [3.8, 4) is 0 Å². The molecule has 100 valence electrons. The molecule has 0 saturated carbocycles. The quantitative estimate of drug-likeness (QED) is 0.716. The summed E-state index contributed by atoms with van der Waals surface area (Å²) >= 11 is 5.62. The monoisotopic (exact) mass is 261 g/mol. The molecule has 1 saturated heterocycles. The van der Waals surface area contributed by atoms with Gasteiger partial charge in [-0.05, 0) is 45.4 Å². The van der Waals surface area contributed by atoms with E-state index in [1.54, 1.807) is 0 Å². The Morgan fingerprint density at radius 3 is 3.00 bits per heavy atom. The first-order chi connectivity index (χ1) is 8.22. The van der Waals surface area contributed by atoms with Crippen molar-refractivity contribution in [2.75, 3.05) is 12.5 Å². The minimum absolute atomic E-state index is 0.140. The number of rotatable bonds is 7. The highest BCUT2D eigenvalue weighted by Crippen LogP contribution is 2.16. The molecular formula is C13H24ClNO2. The van der Waals surface area contributed by atoms with Gasteiger partial charge in [0.2, 0.25) is 5.91 Å². The van der Waals surface area contributed by atoms with Gasteiger partial charge in [0, 0.05) is 24.9 Å². The Morgan fingerprint density at radius 2 is 2.35 bits per heavy atom. The maximum Gasteiger partial charge on any atom is 0.220 e. The van der Waals surface area contributed by atoms with E-state index in [2.05, 4.69) is 5.32 Å². The van der Waals surface area contributed by atoms with Crippen LogP contribution in [-0.2, 0) is 9.53 Å². The number of hydrogen-bond donors (Lipinski definition) is 1. The summed E-state index contributed by atoms with van der Waals surface area (Å²) in [7, 11) is 0. The van der Waals surface area contributed by atoms with Crippen LogP contribution in [0.5, 0.6) is 0 Å². The van der Waals surface area contributed by atoms with Crippen molar-refractivity contribution in [3.05, 3.63) is 0 Å². The van der Waals surface area contributed by atoms with E-state index in [1.807, 2.05) is 6.92 Å². The lowest BCUT2D eigenvalue weighted by Gasteiger charge is -2.22. The van der Waals surface area contributed by atoms with Crippen LogP contribution < -0.4 is 5.32 Å². The van der Waals surface area contributed by atoms with E-state index in [0.717, 1.165) is 38.7 Å². The maximum atomic E-state index is 11.7. The number of carbonyl (C=O) groups is 1. The second-order valence-electron chi connectivity index (χ2n) is 4.83. The summed E-state index contributed by atoms with van der Waals surface area (Å²) in [6, 6.07) is 0.230. The summed E-state index contributed by atoms with van der Waals surface area (Å²) in [5.41, 5.74) is 0. The van der Waals surface area contributed by atoms with Crippen LogP contribution in [0.1, 0.15) is 51.9 Å². The normalized spacial score (nSPS) is 22.1. The molecule has 1 amide bonds. The Kier molecular flexibility index (Phi) is 7.62. The highest BCUT2D eigenvalue weighted by atomic mass is 35.5. The molecule has 0 aromatic rings. The fourth-order valence-corrected chi connectivity index (χ4v) is 2.28. The van der Waals surface area contributed by atoms with Gasteiger partial charge in [-0.3, -0.25) is 4.79 Å². The zero-order chi connectivity index (χ0) is 12.5. The molecule has 3 nitrogen and oxygen atoms in total. The fourth-order valence-electron chi connectivity index (χ4n) is 2.13. The number of hydrogen-bond acceptors (Lipinski definition) is 2. The Bertz CT molecular complexity index is 217. The molecule has 1 aliphatic rings. The van der Waals surface area contributed by atoms with Gasteiger partial charge < -0.3 is 10.1 Å². The third-order valence-corrected chi connectivity index (χ3v) is 3.41. The van der Waals surface area contributed by atoms with Crippen LogP contribution in [0.2, 0.25) is 0 Å². The number of nitrogens with one attached hydrogen (secondary N) is 1. The molecule has 0 aliphatic carbocycles. The predicted molar refractivity (Wildman–Crippen MR) is 70.4 cm³/mol. The average molecular weight is 262 g/mol. The summed E-state index contributed by atoms with van der Waals surface area (Å²) in [6.07, 6.45) is 7.15. The van der Waals surface area contributed by atoms with Gasteiger partial charge in [-0.2, -0.15) is 0 Å². The topological polar surface area (TPSA) is 38.3 Å². The van der Waals surface area contributed by atoms with Crippen molar-refractivity contribution in [2.45, 2.75) is 64.0 Å². The van der Waals surface area contributed by atoms with E-state index in [4.69, 9.17) is 16.3 Å². The van der Waals surface area contributed by atoms with Crippen LogP contribution in [0, 0.1) is 0 Å². The van der Waals surface area contributed by atoms with Gasteiger partial charge in [0.05, 0.1) is 6.10 Å². The van der Waals surface area contributed by atoms with Crippen LogP contribution in [0.4, 0.5) is 0 Å². The minimum atomic E-state index is 0.140. The summed E-state index contributed by atoms with van der Waals surface area (Å²) in [5.74, 6) is 0.803. The van der Waals surface area contributed by atoms with Gasteiger partial charge in [-0.1, -0.05) is 0 Å². The molecule has 17 heavy (non-hydrogen) atoms. The molecule has 0 bridgehead atoms. The molecule has 0 aromatic heterocycles. The zero-order valence-electron chi connectivity index (χ0n) is 10.7. The van der Waals surface area contributed by atoms with Crippen LogP contribution in [0.25, 0.3) is 0 Å². The van der Waals surface area contributed by atoms with Gasteiger partial charge in [-0.15, -0.1) is 11.6 Å². The molecule has 1 heterocycles. The lowest BCUT2D eigenvalue weighted by atomic mass is 10.0. The van der Waals surface area contributed by atoms with Crippen LogP contribution in [0.3, 0.4) is 0 Å². The lowest BCUT2D eigenvalue weighted by molar-refractivity contribution is -0.122. The maximum absolute atomic E-state index is 11.7. The zero-order valence-corrected chi connectivity index (χ0v) is 11.5. The third-order valence-electron chi connectivity index (χ3n) is 3.15. The first-order valence-electron chi connectivity index (χ1n) is 6.69. The van der Waals surface area contributed by atoms with Gasteiger partial charge >= 0.3 is 0 Å².